The SMILES string of the molecule is O=S(=O)(c1cccnc1)N1CC[C@]2(CCCN(CCC3CCCCC3)C2)C1. The van der Waals surface area contributed by atoms with E-state index in [1.54, 1.807) is 22.6 Å². The van der Waals surface area contributed by atoms with Gasteiger partial charge in [0.1, 0.15) is 4.90 Å². The maximum absolute atomic E-state index is 12.9. The Labute approximate surface area is 164 Å². The van der Waals surface area contributed by atoms with Gasteiger partial charge in [0.15, 0.2) is 0 Å². The lowest BCUT2D eigenvalue weighted by molar-refractivity contribution is 0.0918. The van der Waals surface area contributed by atoms with Gasteiger partial charge in [0.25, 0.3) is 0 Å². The lowest BCUT2D eigenvalue weighted by Gasteiger charge is -2.41. The Morgan fingerprint density at radius 1 is 1.07 bits per heavy atom. The highest BCUT2D eigenvalue weighted by Crippen LogP contribution is 2.41. The fourth-order valence-corrected chi connectivity index (χ4v) is 6.94. The van der Waals surface area contributed by atoms with E-state index in [9.17, 15) is 8.42 Å². The zero-order valence-corrected chi connectivity index (χ0v) is 17.2. The summed E-state index contributed by atoms with van der Waals surface area (Å²) < 4.78 is 27.6. The van der Waals surface area contributed by atoms with Crippen molar-refractivity contribution in [1.82, 2.24) is 14.2 Å². The van der Waals surface area contributed by atoms with Gasteiger partial charge in [-0.25, -0.2) is 8.42 Å². The van der Waals surface area contributed by atoms with Crippen LogP contribution in [-0.2, 0) is 10.0 Å². The number of likely N-dealkylation sites (tertiary alicyclic amines) is 1. The van der Waals surface area contributed by atoms with E-state index >= 15 is 0 Å². The molecule has 0 unspecified atom stereocenters. The van der Waals surface area contributed by atoms with Crippen LogP contribution in [0.5, 0.6) is 0 Å². The van der Waals surface area contributed by atoms with E-state index in [1.807, 2.05) is 0 Å². The molecule has 6 heteroatoms. The van der Waals surface area contributed by atoms with E-state index in [0.29, 0.717) is 18.0 Å². The second kappa shape index (κ2) is 8.18. The third kappa shape index (κ3) is 4.38. The number of aromatic nitrogens is 1. The van der Waals surface area contributed by atoms with E-state index in [0.717, 1.165) is 25.3 Å². The fourth-order valence-electron chi connectivity index (χ4n) is 5.42. The summed E-state index contributed by atoms with van der Waals surface area (Å²) in [5.41, 5.74) is 0.153. The van der Waals surface area contributed by atoms with Gasteiger partial charge in [-0.3, -0.25) is 4.98 Å². The van der Waals surface area contributed by atoms with Gasteiger partial charge in [0, 0.05) is 32.0 Å². The number of hydrogen-bond donors (Lipinski definition) is 0. The van der Waals surface area contributed by atoms with Crippen LogP contribution in [0, 0.1) is 11.3 Å². The van der Waals surface area contributed by atoms with Gasteiger partial charge in [-0.05, 0) is 62.2 Å². The zero-order chi connectivity index (χ0) is 18.7. The van der Waals surface area contributed by atoms with Crippen molar-refractivity contribution in [2.45, 2.75) is 62.7 Å². The number of rotatable bonds is 5. The molecule has 1 spiro atoms. The van der Waals surface area contributed by atoms with Crippen LogP contribution in [0.2, 0.25) is 0 Å². The lowest BCUT2D eigenvalue weighted by atomic mass is 9.79. The molecule has 1 aromatic rings. The Kier molecular flexibility index (Phi) is 5.86. The maximum Gasteiger partial charge on any atom is 0.244 e. The molecule has 1 aliphatic carbocycles. The smallest absolute Gasteiger partial charge is 0.244 e. The molecule has 1 aromatic heterocycles. The summed E-state index contributed by atoms with van der Waals surface area (Å²) in [5, 5.41) is 0. The monoisotopic (exact) mass is 391 g/mol. The quantitative estimate of drug-likeness (QED) is 0.770. The maximum atomic E-state index is 12.9. The van der Waals surface area contributed by atoms with Crippen molar-refractivity contribution in [3.63, 3.8) is 0 Å². The second-order valence-corrected chi connectivity index (χ2v) is 10.9. The summed E-state index contributed by atoms with van der Waals surface area (Å²) in [6.07, 6.45) is 14.8. The van der Waals surface area contributed by atoms with E-state index in [2.05, 4.69) is 9.88 Å². The molecule has 2 aliphatic heterocycles. The first-order valence-corrected chi connectivity index (χ1v) is 12.1. The molecule has 3 aliphatic rings. The summed E-state index contributed by atoms with van der Waals surface area (Å²) in [6, 6.07) is 3.36. The molecule has 0 amide bonds. The first-order chi connectivity index (χ1) is 13.1. The number of piperidine rings is 1. The van der Waals surface area contributed by atoms with Crippen LogP contribution in [0.4, 0.5) is 0 Å². The van der Waals surface area contributed by atoms with Gasteiger partial charge in [-0.1, -0.05) is 32.1 Å². The molecule has 2 saturated heterocycles. The topological polar surface area (TPSA) is 53.5 Å². The molecule has 3 fully saturated rings. The molecule has 0 aromatic carbocycles. The van der Waals surface area contributed by atoms with Gasteiger partial charge >= 0.3 is 0 Å². The van der Waals surface area contributed by atoms with E-state index in [4.69, 9.17) is 0 Å². The number of hydrogen-bond acceptors (Lipinski definition) is 4. The Morgan fingerprint density at radius 2 is 1.93 bits per heavy atom. The molecule has 0 radical (unpaired) electrons. The minimum atomic E-state index is -3.41. The molecular weight excluding hydrogens is 358 g/mol. The molecule has 0 bridgehead atoms. The minimum Gasteiger partial charge on any atom is -0.303 e. The fraction of sp³-hybridized carbons (Fsp3) is 0.762. The van der Waals surface area contributed by atoms with Crippen molar-refractivity contribution in [2.24, 2.45) is 11.3 Å². The van der Waals surface area contributed by atoms with Crippen LogP contribution in [0.1, 0.15) is 57.8 Å². The molecule has 3 heterocycles. The van der Waals surface area contributed by atoms with Crippen LogP contribution in [0.3, 0.4) is 0 Å². The Morgan fingerprint density at radius 3 is 2.70 bits per heavy atom. The van der Waals surface area contributed by atoms with Crippen molar-refractivity contribution < 1.29 is 8.42 Å². The number of nitrogens with zero attached hydrogens (tertiary/aromatic N) is 3. The van der Waals surface area contributed by atoms with Gasteiger partial charge in [-0.2, -0.15) is 4.31 Å². The Bertz CT molecular complexity index is 718. The first kappa shape index (κ1) is 19.3. The molecule has 0 N–H and O–H groups in total. The van der Waals surface area contributed by atoms with Gasteiger partial charge < -0.3 is 4.90 Å². The second-order valence-electron chi connectivity index (χ2n) is 8.95. The zero-order valence-electron chi connectivity index (χ0n) is 16.4. The molecule has 5 nitrogen and oxygen atoms in total. The number of sulfonamides is 1. The third-order valence-corrected chi connectivity index (χ3v) is 8.82. The van der Waals surface area contributed by atoms with Gasteiger partial charge in [0.2, 0.25) is 10.0 Å². The molecule has 150 valence electrons. The predicted molar refractivity (Wildman–Crippen MR) is 107 cm³/mol. The standard InChI is InChI=1S/C21H33N3O2S/c25-27(26,20-8-4-12-22-16-20)24-15-11-21(18-24)10-5-13-23(17-21)14-9-19-6-2-1-3-7-19/h4,8,12,16,19H,1-3,5-7,9-11,13-15,17-18H2/t21-/m0/s1. The van der Waals surface area contributed by atoms with Crippen molar-refractivity contribution in [2.75, 3.05) is 32.7 Å². The lowest BCUT2D eigenvalue weighted by Crippen LogP contribution is -2.45. The summed E-state index contributed by atoms with van der Waals surface area (Å²) in [6.45, 7) is 4.77. The average Bonchev–Trinajstić information content (AvgIpc) is 3.12. The minimum absolute atomic E-state index is 0.153. The molecular formula is C21H33N3O2S. The van der Waals surface area contributed by atoms with E-state index < -0.39 is 10.0 Å². The highest BCUT2D eigenvalue weighted by molar-refractivity contribution is 7.89. The van der Waals surface area contributed by atoms with Gasteiger partial charge in [0.05, 0.1) is 0 Å². The summed E-state index contributed by atoms with van der Waals surface area (Å²) >= 11 is 0. The first-order valence-electron chi connectivity index (χ1n) is 10.7. The average molecular weight is 392 g/mol. The highest BCUT2D eigenvalue weighted by Gasteiger charge is 2.45. The Hall–Kier alpha value is -0.980. The van der Waals surface area contributed by atoms with Crippen molar-refractivity contribution >= 4 is 10.0 Å². The summed E-state index contributed by atoms with van der Waals surface area (Å²) in [7, 11) is -3.41. The summed E-state index contributed by atoms with van der Waals surface area (Å²) in [4.78, 5) is 6.94. The molecule has 1 atom stereocenters. The van der Waals surface area contributed by atoms with Crippen LogP contribution < -0.4 is 0 Å². The normalized spacial score (nSPS) is 28.7. The number of pyridine rings is 1. The Balaban J connectivity index is 1.36. The summed E-state index contributed by atoms with van der Waals surface area (Å²) in [5.74, 6) is 0.919. The van der Waals surface area contributed by atoms with Crippen molar-refractivity contribution in [1.29, 1.82) is 0 Å². The largest absolute Gasteiger partial charge is 0.303 e. The predicted octanol–water partition coefficient (Wildman–Crippen LogP) is 3.53. The third-order valence-electron chi connectivity index (χ3n) is 6.99. The van der Waals surface area contributed by atoms with Crippen molar-refractivity contribution in [3.05, 3.63) is 24.5 Å². The molecule has 27 heavy (non-hydrogen) atoms. The van der Waals surface area contributed by atoms with Crippen LogP contribution >= 0.6 is 0 Å². The highest BCUT2D eigenvalue weighted by atomic mass is 32.2. The van der Waals surface area contributed by atoms with E-state index in [-0.39, 0.29) is 5.41 Å². The van der Waals surface area contributed by atoms with Crippen molar-refractivity contribution in [3.8, 4) is 0 Å². The van der Waals surface area contributed by atoms with Crippen LogP contribution in [-0.4, -0.2) is 55.3 Å². The van der Waals surface area contributed by atoms with Crippen LogP contribution in [0.15, 0.2) is 29.4 Å². The molecule has 1 saturated carbocycles. The van der Waals surface area contributed by atoms with E-state index in [1.165, 1.54) is 64.2 Å². The van der Waals surface area contributed by atoms with Crippen LogP contribution in [0.25, 0.3) is 0 Å². The van der Waals surface area contributed by atoms with Gasteiger partial charge in [-0.15, -0.1) is 0 Å². The molecule has 4 rings (SSSR count).